The molecule has 2 amide bonds. The molecule has 0 radical (unpaired) electrons. The first-order valence-corrected chi connectivity index (χ1v) is 14.5. The van der Waals surface area contributed by atoms with Gasteiger partial charge in [0.1, 0.15) is 13.2 Å². The quantitative estimate of drug-likeness (QED) is 0.358. The number of nitrogens with zero attached hydrogens (tertiary/aromatic N) is 3. The van der Waals surface area contributed by atoms with Gasteiger partial charge in [-0.25, -0.2) is 14.6 Å². The summed E-state index contributed by atoms with van der Waals surface area (Å²) in [6, 6.07) is 6.95. The normalized spacial score (nSPS) is 20.2. The van der Waals surface area contributed by atoms with Gasteiger partial charge >= 0.3 is 18.0 Å². The molecule has 0 spiro atoms. The van der Waals surface area contributed by atoms with E-state index in [0.717, 1.165) is 22.5 Å². The Morgan fingerprint density at radius 1 is 1.10 bits per heavy atom. The van der Waals surface area contributed by atoms with Gasteiger partial charge in [0.25, 0.3) is 5.56 Å². The zero-order valence-electron chi connectivity index (χ0n) is 22.2. The van der Waals surface area contributed by atoms with Gasteiger partial charge in [-0.05, 0) is 24.6 Å². The maximum Gasteiger partial charge on any atom is 0.355 e. The Morgan fingerprint density at radius 2 is 1.88 bits per heavy atom. The second-order valence-corrected chi connectivity index (χ2v) is 11.4. The van der Waals surface area contributed by atoms with Crippen molar-refractivity contribution < 1.29 is 33.3 Å². The highest BCUT2D eigenvalue weighted by molar-refractivity contribution is 7.99. The summed E-state index contributed by atoms with van der Waals surface area (Å²) < 4.78 is 23.8. The summed E-state index contributed by atoms with van der Waals surface area (Å²) in [5, 5.41) is 3.43. The Morgan fingerprint density at radius 3 is 2.66 bits per heavy atom. The van der Waals surface area contributed by atoms with Crippen LogP contribution in [0.4, 0.5) is 4.79 Å². The third-order valence-corrected chi connectivity index (χ3v) is 8.88. The van der Waals surface area contributed by atoms with E-state index in [-0.39, 0.29) is 42.5 Å². The zero-order chi connectivity index (χ0) is 28.3. The van der Waals surface area contributed by atoms with Crippen LogP contribution in [0.3, 0.4) is 0 Å². The Hall–Kier alpha value is -4.26. The summed E-state index contributed by atoms with van der Waals surface area (Å²) in [4.78, 5) is 58.9. The third-order valence-electron chi connectivity index (χ3n) is 7.94. The SMILES string of the molecule is CC[C@@]1(OC(=O)CNC(=O)N2CCSCC2)C(=O)OCc2c1cc1n(c2=O)Cc2cc3cc4c(cc3nc2-1)OCO4. The van der Waals surface area contributed by atoms with Crippen LogP contribution in [0, 0.1) is 0 Å². The van der Waals surface area contributed by atoms with Gasteiger partial charge in [-0.2, -0.15) is 11.8 Å². The third kappa shape index (κ3) is 4.09. The molecule has 41 heavy (non-hydrogen) atoms. The molecule has 212 valence electrons. The van der Waals surface area contributed by atoms with Crippen molar-refractivity contribution in [3.63, 3.8) is 0 Å². The molecule has 1 aromatic carbocycles. The molecule has 3 aromatic rings. The summed E-state index contributed by atoms with van der Waals surface area (Å²) in [5.74, 6) is 1.32. The van der Waals surface area contributed by atoms with E-state index >= 15 is 0 Å². The molecule has 7 rings (SSSR count). The van der Waals surface area contributed by atoms with Gasteiger partial charge < -0.3 is 33.7 Å². The summed E-state index contributed by atoms with van der Waals surface area (Å²) in [7, 11) is 0. The predicted molar refractivity (Wildman–Crippen MR) is 147 cm³/mol. The molecule has 1 N–H and O–H groups in total. The van der Waals surface area contributed by atoms with Crippen LogP contribution < -0.4 is 20.3 Å². The first-order chi connectivity index (χ1) is 19.9. The lowest BCUT2D eigenvalue weighted by molar-refractivity contribution is -0.188. The van der Waals surface area contributed by atoms with Crippen molar-refractivity contribution >= 4 is 40.6 Å². The lowest BCUT2D eigenvalue weighted by atomic mass is 9.85. The van der Waals surface area contributed by atoms with E-state index in [1.165, 1.54) is 0 Å². The number of amides is 2. The highest BCUT2D eigenvalue weighted by atomic mass is 32.2. The first kappa shape index (κ1) is 25.7. The lowest BCUT2D eigenvalue weighted by Gasteiger charge is -2.35. The van der Waals surface area contributed by atoms with Crippen LogP contribution >= 0.6 is 11.8 Å². The number of carbonyl (C=O) groups excluding carboxylic acids is 3. The van der Waals surface area contributed by atoms with Gasteiger partial charge in [-0.1, -0.05) is 6.92 Å². The fourth-order valence-corrected chi connectivity index (χ4v) is 6.69. The van der Waals surface area contributed by atoms with Crippen molar-refractivity contribution in [3.05, 3.63) is 51.3 Å². The largest absolute Gasteiger partial charge is 0.457 e. The number of hydrogen-bond donors (Lipinski definition) is 1. The fraction of sp³-hybridized carbons (Fsp3) is 0.393. The molecule has 2 aromatic heterocycles. The Bertz CT molecular complexity index is 1700. The Labute approximate surface area is 237 Å². The van der Waals surface area contributed by atoms with Gasteiger partial charge in [0.2, 0.25) is 12.4 Å². The maximum absolute atomic E-state index is 13.7. The fourth-order valence-electron chi connectivity index (χ4n) is 5.79. The molecule has 12 nitrogen and oxygen atoms in total. The minimum absolute atomic E-state index is 0.0340. The molecule has 13 heteroatoms. The molecule has 0 aliphatic carbocycles. The van der Waals surface area contributed by atoms with E-state index in [0.29, 0.717) is 48.0 Å². The molecule has 1 fully saturated rings. The number of urea groups is 1. The Kier molecular flexibility index (Phi) is 6.07. The summed E-state index contributed by atoms with van der Waals surface area (Å²) in [5.41, 5.74) is 0.963. The Balaban J connectivity index is 1.23. The molecule has 1 atom stereocenters. The number of nitrogens with one attached hydrogen (secondary N) is 1. The number of fused-ring (bicyclic) bond motifs is 6. The van der Waals surface area contributed by atoms with Gasteiger partial charge in [0.15, 0.2) is 11.5 Å². The van der Waals surface area contributed by atoms with Crippen molar-refractivity contribution in [3.8, 4) is 22.9 Å². The number of pyridine rings is 2. The van der Waals surface area contributed by atoms with E-state index in [9.17, 15) is 19.2 Å². The molecule has 1 saturated heterocycles. The number of hydrogen-bond acceptors (Lipinski definition) is 10. The molecule has 6 heterocycles. The number of thioether (sulfide) groups is 1. The van der Waals surface area contributed by atoms with Crippen molar-refractivity contribution in [1.29, 1.82) is 0 Å². The van der Waals surface area contributed by atoms with E-state index in [1.54, 1.807) is 40.3 Å². The van der Waals surface area contributed by atoms with E-state index in [1.807, 2.05) is 12.1 Å². The average molecular weight is 579 g/mol. The highest BCUT2D eigenvalue weighted by Crippen LogP contribution is 2.42. The van der Waals surface area contributed by atoms with Crippen molar-refractivity contribution in [2.45, 2.75) is 32.1 Å². The number of benzene rings is 1. The van der Waals surface area contributed by atoms with Crippen LogP contribution in [0.15, 0.2) is 29.1 Å². The van der Waals surface area contributed by atoms with Gasteiger partial charge in [-0.3, -0.25) is 9.59 Å². The number of cyclic esters (lactones) is 1. The van der Waals surface area contributed by atoms with E-state index in [2.05, 4.69) is 5.32 Å². The number of esters is 2. The smallest absolute Gasteiger partial charge is 0.355 e. The molecule has 4 aliphatic heterocycles. The molecular weight excluding hydrogens is 552 g/mol. The van der Waals surface area contributed by atoms with Gasteiger partial charge in [0, 0.05) is 47.2 Å². The molecule has 0 unspecified atom stereocenters. The second-order valence-electron chi connectivity index (χ2n) is 10.2. The maximum atomic E-state index is 13.7. The summed E-state index contributed by atoms with van der Waals surface area (Å²) in [6.45, 7) is 2.64. The number of ether oxygens (including phenoxy) is 4. The van der Waals surface area contributed by atoms with Gasteiger partial charge in [-0.15, -0.1) is 0 Å². The van der Waals surface area contributed by atoms with Crippen LogP contribution in [0.5, 0.6) is 11.5 Å². The molecule has 0 bridgehead atoms. The van der Waals surface area contributed by atoms with Crippen LogP contribution in [0.2, 0.25) is 0 Å². The minimum atomic E-state index is -1.84. The van der Waals surface area contributed by atoms with Crippen LogP contribution in [-0.4, -0.2) is 70.4 Å². The molecule has 4 aliphatic rings. The second kappa shape index (κ2) is 9.68. The highest BCUT2D eigenvalue weighted by Gasteiger charge is 2.50. The van der Waals surface area contributed by atoms with Crippen molar-refractivity contribution in [1.82, 2.24) is 19.8 Å². The standard InChI is InChI=1S/C28H26N4O8S/c1-2-28(40-23(33)11-29-27(36)31-3-5-41-6-4-31)18-9-20-24-16(12-32(20)25(34)17(18)13-37-26(28)35)7-15-8-21-22(39-14-38-21)10-19(15)30-24/h7-10H,2-6,11-14H2,1H3,(H,29,36)/t28-/m0/s1. The predicted octanol–water partition coefficient (Wildman–Crippen LogP) is 2.12. The molecular formula is C28H26N4O8S. The molecule has 0 saturated carbocycles. The van der Waals surface area contributed by atoms with Gasteiger partial charge in [0.05, 0.1) is 29.0 Å². The topological polar surface area (TPSA) is 138 Å². The first-order valence-electron chi connectivity index (χ1n) is 13.4. The number of carbonyl (C=O) groups is 3. The lowest BCUT2D eigenvalue weighted by Crippen LogP contribution is -2.50. The van der Waals surface area contributed by atoms with E-state index in [4.69, 9.17) is 23.9 Å². The number of rotatable bonds is 4. The van der Waals surface area contributed by atoms with Crippen molar-refractivity contribution in [2.75, 3.05) is 37.9 Å². The van der Waals surface area contributed by atoms with Crippen LogP contribution in [0.1, 0.15) is 30.0 Å². The summed E-state index contributed by atoms with van der Waals surface area (Å²) >= 11 is 1.76. The van der Waals surface area contributed by atoms with Crippen LogP contribution in [0.25, 0.3) is 22.3 Å². The summed E-state index contributed by atoms with van der Waals surface area (Å²) in [6.07, 6.45) is 0.0340. The monoisotopic (exact) mass is 578 g/mol. The number of aromatic nitrogens is 2. The van der Waals surface area contributed by atoms with E-state index < -0.39 is 24.1 Å². The average Bonchev–Trinajstić information content (AvgIpc) is 3.59. The van der Waals surface area contributed by atoms with Crippen LogP contribution in [-0.2, 0) is 37.8 Å². The zero-order valence-corrected chi connectivity index (χ0v) is 23.0. The van der Waals surface area contributed by atoms with Crippen molar-refractivity contribution in [2.24, 2.45) is 0 Å². The minimum Gasteiger partial charge on any atom is -0.457 e.